The first-order valence-corrected chi connectivity index (χ1v) is 14.2. The molecule has 1 heterocycles. The van der Waals surface area contributed by atoms with Crippen LogP contribution in [0.5, 0.6) is 11.5 Å². The second kappa shape index (κ2) is 12.5. The molecule has 2 aliphatic rings. The van der Waals surface area contributed by atoms with E-state index in [1.165, 1.54) is 32.0 Å². The van der Waals surface area contributed by atoms with Gasteiger partial charge in [-0.25, -0.2) is 14.2 Å². The van der Waals surface area contributed by atoms with E-state index in [1.807, 2.05) is 0 Å². The number of aromatic nitrogens is 1. The van der Waals surface area contributed by atoms with Crippen molar-refractivity contribution in [3.63, 3.8) is 0 Å². The molecule has 0 radical (unpaired) electrons. The quantitative estimate of drug-likeness (QED) is 0.221. The third-order valence-corrected chi connectivity index (χ3v) is 7.29. The number of carbonyl (C=O) groups is 3. The fraction of sp³-hybridized carbons (Fsp3) is 0.484. The number of aliphatic carboxylic acids is 2. The molecule has 1 amide bonds. The summed E-state index contributed by atoms with van der Waals surface area (Å²) < 4.78 is 63.4. The number of alkyl carbamates (subject to hydrolysis) is 1. The zero-order valence-corrected chi connectivity index (χ0v) is 25.4. The fourth-order valence-corrected chi connectivity index (χ4v) is 4.57. The summed E-state index contributed by atoms with van der Waals surface area (Å²) in [4.78, 5) is 41.3. The van der Waals surface area contributed by atoms with Gasteiger partial charge in [0.1, 0.15) is 28.0 Å². The number of benzene rings is 1. The summed E-state index contributed by atoms with van der Waals surface area (Å²) in [6.45, 7) is 4.87. The van der Waals surface area contributed by atoms with E-state index in [4.69, 9.17) is 13.9 Å². The maximum atomic E-state index is 15.6. The number of hydrogen-bond donors (Lipinski definition) is 3. The number of nitrogens with one attached hydrogen (secondary N) is 1. The number of alkyl halides is 2. The number of amides is 1. The lowest BCUT2D eigenvalue weighted by Gasteiger charge is -2.31. The van der Waals surface area contributed by atoms with Crippen LogP contribution in [0.15, 0.2) is 46.7 Å². The van der Waals surface area contributed by atoms with Crippen molar-refractivity contribution >= 4 is 18.0 Å². The van der Waals surface area contributed by atoms with Crippen molar-refractivity contribution in [3.05, 3.63) is 53.7 Å². The standard InChI is InChI=1S/C31H35F3N2O9/c1-16(35-28(41)45-29(2,3)4)23-19(13-31(26(39)40)11-10-30(5,25(37)38)14-22(31)32)36-24(44-23)18-8-9-20(43-27(33)34)21(12-18)42-15-17-6-7-17/h8-12,14,16-17,27H,6-7,13,15H2,1-5H3,(H,35,41)(H,37,38)(H,39,40). The molecule has 244 valence electrons. The zero-order valence-electron chi connectivity index (χ0n) is 25.4. The van der Waals surface area contributed by atoms with Crippen LogP contribution in [0.2, 0.25) is 0 Å². The molecule has 11 nitrogen and oxygen atoms in total. The zero-order chi connectivity index (χ0) is 33.3. The van der Waals surface area contributed by atoms with Gasteiger partial charge in [-0.3, -0.25) is 9.59 Å². The number of carbonyl (C=O) groups excluding carboxylic acids is 1. The van der Waals surface area contributed by atoms with Crippen LogP contribution in [0.1, 0.15) is 65.0 Å². The van der Waals surface area contributed by atoms with E-state index in [9.17, 15) is 33.4 Å². The summed E-state index contributed by atoms with van der Waals surface area (Å²) in [5.74, 6) is -4.31. The van der Waals surface area contributed by atoms with Crippen LogP contribution in [-0.2, 0) is 20.7 Å². The summed E-state index contributed by atoms with van der Waals surface area (Å²) in [6.07, 6.45) is 3.19. The van der Waals surface area contributed by atoms with Crippen molar-refractivity contribution < 1.29 is 56.4 Å². The SMILES string of the molecule is CC(NC(=O)OC(C)(C)C)c1oc(-c2ccc(OC(F)F)c(OCC3CC3)c2)nc1CC1(C(=O)O)C=CC(C)(C(=O)O)C=C1F. The van der Waals surface area contributed by atoms with Crippen molar-refractivity contribution in [1.82, 2.24) is 10.3 Å². The number of rotatable bonds is 12. The monoisotopic (exact) mass is 636 g/mol. The maximum Gasteiger partial charge on any atom is 0.408 e. The summed E-state index contributed by atoms with van der Waals surface area (Å²) in [5.41, 5.74) is -4.82. The highest BCUT2D eigenvalue weighted by atomic mass is 19.3. The Balaban J connectivity index is 1.77. The van der Waals surface area contributed by atoms with Gasteiger partial charge in [0.15, 0.2) is 11.5 Å². The van der Waals surface area contributed by atoms with Crippen LogP contribution >= 0.6 is 0 Å². The lowest BCUT2D eigenvalue weighted by molar-refractivity contribution is -0.147. The van der Waals surface area contributed by atoms with Crippen LogP contribution < -0.4 is 14.8 Å². The normalized spacial score (nSPS) is 22.0. The number of nitrogens with zero attached hydrogens (tertiary/aromatic N) is 1. The summed E-state index contributed by atoms with van der Waals surface area (Å²) in [6, 6.07) is 3.02. The molecule has 14 heteroatoms. The van der Waals surface area contributed by atoms with Crippen molar-refractivity contribution in [2.75, 3.05) is 6.61 Å². The molecule has 1 aromatic carbocycles. The van der Waals surface area contributed by atoms with Gasteiger partial charge in [0.2, 0.25) is 5.89 Å². The third kappa shape index (κ3) is 7.78. The molecule has 3 N–H and O–H groups in total. The molecule has 2 aromatic rings. The van der Waals surface area contributed by atoms with Gasteiger partial charge >= 0.3 is 24.6 Å². The number of carboxylic acids is 2. The van der Waals surface area contributed by atoms with Gasteiger partial charge in [-0.2, -0.15) is 8.78 Å². The molecule has 3 unspecified atom stereocenters. The first-order chi connectivity index (χ1) is 20.9. The Morgan fingerprint density at radius 1 is 1.13 bits per heavy atom. The average molecular weight is 637 g/mol. The predicted octanol–water partition coefficient (Wildman–Crippen LogP) is 6.45. The van der Waals surface area contributed by atoms with Crippen LogP contribution in [0.3, 0.4) is 0 Å². The average Bonchev–Trinajstić information content (AvgIpc) is 3.65. The lowest BCUT2D eigenvalue weighted by Crippen LogP contribution is -2.38. The van der Waals surface area contributed by atoms with Gasteiger partial charge in [0.25, 0.3) is 0 Å². The molecule has 0 spiro atoms. The van der Waals surface area contributed by atoms with Crippen LogP contribution in [-0.4, -0.2) is 52.0 Å². The van der Waals surface area contributed by atoms with Crippen molar-refractivity contribution in [3.8, 4) is 23.0 Å². The van der Waals surface area contributed by atoms with E-state index in [-0.39, 0.29) is 46.9 Å². The van der Waals surface area contributed by atoms with E-state index < -0.39 is 59.4 Å². The minimum atomic E-state index is -3.11. The fourth-order valence-electron chi connectivity index (χ4n) is 4.57. The highest BCUT2D eigenvalue weighted by molar-refractivity contribution is 5.86. The molecule has 1 fully saturated rings. The maximum absolute atomic E-state index is 15.6. The van der Waals surface area contributed by atoms with Gasteiger partial charge in [0.05, 0.1) is 18.3 Å². The molecular weight excluding hydrogens is 601 g/mol. The van der Waals surface area contributed by atoms with Crippen LogP contribution in [0.25, 0.3) is 11.5 Å². The number of halogens is 3. The molecule has 2 aliphatic carbocycles. The first kappa shape index (κ1) is 33.4. The molecule has 3 atom stereocenters. The van der Waals surface area contributed by atoms with Gasteiger partial charge < -0.3 is 34.2 Å². The Kier molecular flexibility index (Phi) is 9.27. The van der Waals surface area contributed by atoms with E-state index in [1.54, 1.807) is 20.8 Å². The number of hydrogen-bond acceptors (Lipinski definition) is 8. The minimum absolute atomic E-state index is 0.0000765. The Hall–Kier alpha value is -4.49. The van der Waals surface area contributed by atoms with Gasteiger partial charge in [0, 0.05) is 12.0 Å². The molecule has 1 saturated carbocycles. The van der Waals surface area contributed by atoms with Gasteiger partial charge in [-0.1, -0.05) is 12.2 Å². The summed E-state index contributed by atoms with van der Waals surface area (Å²) in [5, 5.41) is 22.3. The molecule has 0 aliphatic heterocycles. The van der Waals surface area contributed by atoms with Crippen LogP contribution in [0, 0.1) is 16.7 Å². The van der Waals surface area contributed by atoms with Crippen molar-refractivity contribution in [2.24, 2.45) is 16.7 Å². The van der Waals surface area contributed by atoms with E-state index >= 15 is 4.39 Å². The Morgan fingerprint density at radius 2 is 1.82 bits per heavy atom. The molecule has 45 heavy (non-hydrogen) atoms. The molecule has 0 bridgehead atoms. The highest BCUT2D eigenvalue weighted by Crippen LogP contribution is 2.45. The van der Waals surface area contributed by atoms with E-state index in [0.717, 1.165) is 31.1 Å². The number of oxazole rings is 1. The smallest absolute Gasteiger partial charge is 0.408 e. The molecule has 1 aromatic heterocycles. The third-order valence-electron chi connectivity index (χ3n) is 7.29. The molecular formula is C31H35F3N2O9. The number of ether oxygens (including phenoxy) is 3. The largest absolute Gasteiger partial charge is 0.489 e. The van der Waals surface area contributed by atoms with E-state index in [0.29, 0.717) is 0 Å². The minimum Gasteiger partial charge on any atom is -0.489 e. The summed E-state index contributed by atoms with van der Waals surface area (Å²) >= 11 is 0. The van der Waals surface area contributed by atoms with Gasteiger partial charge in [-0.15, -0.1) is 0 Å². The van der Waals surface area contributed by atoms with Gasteiger partial charge in [-0.05, 0) is 77.7 Å². The first-order valence-electron chi connectivity index (χ1n) is 14.2. The van der Waals surface area contributed by atoms with Crippen molar-refractivity contribution in [1.29, 1.82) is 0 Å². The predicted molar refractivity (Wildman–Crippen MR) is 152 cm³/mol. The summed E-state index contributed by atoms with van der Waals surface area (Å²) in [7, 11) is 0. The highest BCUT2D eigenvalue weighted by Gasteiger charge is 2.48. The lowest BCUT2D eigenvalue weighted by atomic mass is 9.72. The van der Waals surface area contributed by atoms with Crippen molar-refractivity contribution in [2.45, 2.75) is 72.1 Å². The second-order valence-electron chi connectivity index (χ2n) is 12.4. The molecule has 0 saturated heterocycles. The number of carboxylic acid groups (broad SMARTS) is 2. The van der Waals surface area contributed by atoms with E-state index in [2.05, 4.69) is 15.0 Å². The topological polar surface area (TPSA) is 157 Å². The Labute approximate surface area is 257 Å². The Morgan fingerprint density at radius 3 is 2.38 bits per heavy atom. The Bertz CT molecular complexity index is 1530. The molecule has 4 rings (SSSR count). The van der Waals surface area contributed by atoms with Crippen LogP contribution in [0.4, 0.5) is 18.0 Å². The second-order valence-corrected chi connectivity index (χ2v) is 12.4.